The van der Waals surface area contributed by atoms with Gasteiger partial charge in [0.2, 0.25) is 0 Å². The van der Waals surface area contributed by atoms with Crippen LogP contribution >= 0.6 is 11.6 Å². The zero-order chi connectivity index (χ0) is 9.42. The second kappa shape index (κ2) is 2.93. The lowest BCUT2D eigenvalue weighted by atomic mass is 10.2. The maximum absolute atomic E-state index is 8.67. The Morgan fingerprint density at radius 3 is 2.92 bits per heavy atom. The van der Waals surface area contributed by atoms with E-state index < -0.39 is 0 Å². The van der Waals surface area contributed by atoms with Crippen LogP contribution in [0.25, 0.3) is 0 Å². The number of nitrogens with zero attached hydrogens (tertiary/aromatic N) is 2. The summed E-state index contributed by atoms with van der Waals surface area (Å²) in [6.07, 6.45) is 0. The van der Waals surface area contributed by atoms with Gasteiger partial charge >= 0.3 is 0 Å². The third kappa shape index (κ3) is 1.48. The van der Waals surface area contributed by atoms with Gasteiger partial charge in [-0.2, -0.15) is 5.26 Å². The summed E-state index contributed by atoms with van der Waals surface area (Å²) in [4.78, 5) is 2.06. The van der Waals surface area contributed by atoms with E-state index in [0.717, 1.165) is 22.8 Å². The molecule has 2 nitrogen and oxygen atoms in total. The fraction of sp³-hybridized carbons (Fsp3) is 0.300. The summed E-state index contributed by atoms with van der Waals surface area (Å²) in [5.74, 6) is 0. The summed E-state index contributed by atoms with van der Waals surface area (Å²) in [6.45, 7) is 2.85. The van der Waals surface area contributed by atoms with E-state index in [1.807, 2.05) is 25.1 Å². The van der Waals surface area contributed by atoms with Gasteiger partial charge in [0.05, 0.1) is 12.6 Å². The predicted octanol–water partition coefficient (Wildman–Crippen LogP) is 2.36. The Labute approximate surface area is 82.3 Å². The van der Waals surface area contributed by atoms with Gasteiger partial charge in [0, 0.05) is 10.7 Å². The maximum Gasteiger partial charge on any atom is 0.134 e. The molecule has 1 aliphatic heterocycles. The molecule has 66 valence electrons. The van der Waals surface area contributed by atoms with Gasteiger partial charge in [-0.3, -0.25) is 0 Å². The molecular formula is C10H9ClN2. The van der Waals surface area contributed by atoms with Crippen LogP contribution in [0, 0.1) is 18.3 Å². The Morgan fingerprint density at radius 1 is 1.62 bits per heavy atom. The van der Waals surface area contributed by atoms with Gasteiger partial charge in [0.15, 0.2) is 0 Å². The lowest BCUT2D eigenvalue weighted by Crippen LogP contribution is -1.98. The van der Waals surface area contributed by atoms with E-state index in [1.54, 1.807) is 0 Å². The number of aryl methyl sites for hydroxylation is 1. The van der Waals surface area contributed by atoms with E-state index in [0.29, 0.717) is 0 Å². The number of hydrogen-bond donors (Lipinski definition) is 0. The standard InChI is InChI=1S/C10H9ClN2/c1-7-4-8(11)2-3-10(7)13-6-9(13)5-12/h2-4,9H,6H2,1H3. The third-order valence-electron chi connectivity index (χ3n) is 2.23. The largest absolute Gasteiger partial charge is 0.351 e. The Morgan fingerprint density at radius 2 is 2.38 bits per heavy atom. The summed E-state index contributed by atoms with van der Waals surface area (Å²) in [5, 5.41) is 9.41. The predicted molar refractivity (Wildman–Crippen MR) is 52.9 cm³/mol. The molecule has 1 heterocycles. The van der Waals surface area contributed by atoms with Crippen LogP contribution in [0.4, 0.5) is 5.69 Å². The average Bonchev–Trinajstić information content (AvgIpc) is 2.83. The maximum atomic E-state index is 8.67. The second-order valence-corrected chi connectivity index (χ2v) is 3.66. The molecule has 13 heavy (non-hydrogen) atoms. The Kier molecular flexibility index (Phi) is 1.90. The van der Waals surface area contributed by atoms with Crippen molar-refractivity contribution in [2.45, 2.75) is 13.0 Å². The minimum Gasteiger partial charge on any atom is -0.351 e. The molecule has 1 atom stereocenters. The summed E-state index contributed by atoms with van der Waals surface area (Å²) in [7, 11) is 0. The first-order chi connectivity index (χ1) is 6.22. The van der Waals surface area contributed by atoms with Crippen LogP contribution in [0.3, 0.4) is 0 Å². The van der Waals surface area contributed by atoms with Crippen LogP contribution in [0.5, 0.6) is 0 Å². The van der Waals surface area contributed by atoms with Crippen molar-refractivity contribution in [3.63, 3.8) is 0 Å². The van der Waals surface area contributed by atoms with Crippen LogP contribution < -0.4 is 4.90 Å². The summed E-state index contributed by atoms with van der Waals surface area (Å²) < 4.78 is 0. The van der Waals surface area contributed by atoms with Gasteiger partial charge in [-0.25, -0.2) is 0 Å². The molecule has 0 spiro atoms. The first-order valence-electron chi connectivity index (χ1n) is 4.15. The normalized spacial score (nSPS) is 19.8. The first-order valence-corrected chi connectivity index (χ1v) is 4.52. The Hall–Kier alpha value is -1.20. The third-order valence-corrected chi connectivity index (χ3v) is 2.46. The highest BCUT2D eigenvalue weighted by atomic mass is 35.5. The minimum absolute atomic E-state index is 0.0693. The fourth-order valence-corrected chi connectivity index (χ4v) is 1.68. The second-order valence-electron chi connectivity index (χ2n) is 3.23. The van der Waals surface area contributed by atoms with Gasteiger partial charge in [-0.1, -0.05) is 11.6 Å². The van der Waals surface area contributed by atoms with Gasteiger partial charge in [0.25, 0.3) is 0 Å². The lowest BCUT2D eigenvalue weighted by molar-refractivity contribution is 1.24. The molecule has 1 aromatic rings. The molecule has 2 rings (SSSR count). The Balaban J connectivity index is 2.29. The first kappa shape index (κ1) is 8.40. The number of rotatable bonds is 1. The van der Waals surface area contributed by atoms with Crippen LogP contribution in [-0.2, 0) is 0 Å². The van der Waals surface area contributed by atoms with Crippen molar-refractivity contribution in [3.8, 4) is 6.07 Å². The van der Waals surface area contributed by atoms with Crippen molar-refractivity contribution >= 4 is 17.3 Å². The van der Waals surface area contributed by atoms with Crippen LogP contribution in [0.1, 0.15) is 5.56 Å². The highest BCUT2D eigenvalue weighted by molar-refractivity contribution is 6.30. The Bertz CT molecular complexity index is 381. The van der Waals surface area contributed by atoms with Crippen molar-refractivity contribution in [2.75, 3.05) is 11.4 Å². The molecule has 0 aromatic heterocycles. The van der Waals surface area contributed by atoms with Crippen molar-refractivity contribution in [3.05, 3.63) is 28.8 Å². The molecule has 1 fully saturated rings. The zero-order valence-corrected chi connectivity index (χ0v) is 8.04. The highest BCUT2D eigenvalue weighted by Crippen LogP contribution is 2.31. The monoisotopic (exact) mass is 192 g/mol. The fourth-order valence-electron chi connectivity index (χ4n) is 1.46. The smallest absolute Gasteiger partial charge is 0.134 e. The van der Waals surface area contributed by atoms with E-state index >= 15 is 0 Å². The van der Waals surface area contributed by atoms with Crippen molar-refractivity contribution in [1.29, 1.82) is 5.26 Å². The molecule has 1 unspecified atom stereocenters. The SMILES string of the molecule is Cc1cc(Cl)ccc1N1CC1C#N. The van der Waals surface area contributed by atoms with E-state index in [-0.39, 0.29) is 6.04 Å². The quantitative estimate of drug-likeness (QED) is 0.639. The van der Waals surface area contributed by atoms with Gasteiger partial charge < -0.3 is 4.90 Å². The molecule has 0 bridgehead atoms. The van der Waals surface area contributed by atoms with Crippen molar-refractivity contribution < 1.29 is 0 Å². The summed E-state index contributed by atoms with van der Waals surface area (Å²) in [5.41, 5.74) is 2.25. The molecule has 0 N–H and O–H groups in total. The summed E-state index contributed by atoms with van der Waals surface area (Å²) in [6, 6.07) is 8.04. The highest BCUT2D eigenvalue weighted by Gasteiger charge is 2.34. The van der Waals surface area contributed by atoms with E-state index in [2.05, 4.69) is 11.0 Å². The molecule has 0 radical (unpaired) electrons. The summed E-state index contributed by atoms with van der Waals surface area (Å²) >= 11 is 5.83. The van der Waals surface area contributed by atoms with Gasteiger partial charge in [0.1, 0.15) is 6.04 Å². The van der Waals surface area contributed by atoms with Gasteiger partial charge in [-0.05, 0) is 30.7 Å². The van der Waals surface area contributed by atoms with E-state index in [1.165, 1.54) is 0 Å². The molecule has 0 aliphatic carbocycles. The molecule has 0 amide bonds. The minimum atomic E-state index is 0.0693. The number of hydrogen-bond acceptors (Lipinski definition) is 2. The number of nitriles is 1. The van der Waals surface area contributed by atoms with Crippen LogP contribution in [-0.4, -0.2) is 12.6 Å². The van der Waals surface area contributed by atoms with E-state index in [4.69, 9.17) is 16.9 Å². The lowest BCUT2D eigenvalue weighted by Gasteiger charge is -2.06. The molecule has 1 aromatic carbocycles. The van der Waals surface area contributed by atoms with Crippen molar-refractivity contribution in [1.82, 2.24) is 0 Å². The van der Waals surface area contributed by atoms with Gasteiger partial charge in [-0.15, -0.1) is 0 Å². The topological polar surface area (TPSA) is 26.8 Å². The van der Waals surface area contributed by atoms with Crippen LogP contribution in [0.2, 0.25) is 5.02 Å². The molecule has 0 saturated carbocycles. The number of anilines is 1. The number of benzene rings is 1. The van der Waals surface area contributed by atoms with Crippen LogP contribution in [0.15, 0.2) is 18.2 Å². The van der Waals surface area contributed by atoms with E-state index in [9.17, 15) is 0 Å². The average molecular weight is 193 g/mol. The molecular weight excluding hydrogens is 184 g/mol. The number of halogens is 1. The zero-order valence-electron chi connectivity index (χ0n) is 7.29. The molecule has 1 aliphatic rings. The molecule has 1 saturated heterocycles. The molecule has 3 heteroatoms. The van der Waals surface area contributed by atoms with Crippen molar-refractivity contribution in [2.24, 2.45) is 0 Å².